The number of hydrogen-bond donors (Lipinski definition) is 3. The van der Waals surface area contributed by atoms with Crippen molar-refractivity contribution in [1.82, 2.24) is 5.32 Å². The van der Waals surface area contributed by atoms with Crippen LogP contribution in [0.3, 0.4) is 0 Å². The van der Waals surface area contributed by atoms with Gasteiger partial charge in [-0.25, -0.2) is 8.78 Å². The Morgan fingerprint density at radius 1 is 1.33 bits per heavy atom. The van der Waals surface area contributed by atoms with Gasteiger partial charge in [0.1, 0.15) is 17.1 Å². The number of phenolic OH excluding ortho intramolecular Hbond substituents is 2. The molecule has 15 heavy (non-hydrogen) atoms. The average molecular weight is 217 g/mol. The van der Waals surface area contributed by atoms with E-state index in [1.165, 1.54) is 18.2 Å². The first-order chi connectivity index (χ1) is 7.02. The van der Waals surface area contributed by atoms with Crippen LogP contribution in [-0.2, 0) is 0 Å². The van der Waals surface area contributed by atoms with Crippen molar-refractivity contribution in [1.29, 1.82) is 0 Å². The number of halogens is 2. The van der Waals surface area contributed by atoms with Gasteiger partial charge in [-0.15, -0.1) is 0 Å². The molecule has 0 radical (unpaired) electrons. The minimum Gasteiger partial charge on any atom is -0.507 e. The van der Waals surface area contributed by atoms with Gasteiger partial charge in [0.15, 0.2) is 0 Å². The maximum absolute atomic E-state index is 11.8. The van der Waals surface area contributed by atoms with Gasteiger partial charge in [-0.2, -0.15) is 0 Å². The highest BCUT2D eigenvalue weighted by atomic mass is 19.3. The van der Waals surface area contributed by atoms with Crippen LogP contribution in [0.4, 0.5) is 8.78 Å². The number of hydrogen-bond acceptors (Lipinski definition) is 3. The highest BCUT2D eigenvalue weighted by Gasteiger charge is 2.16. The van der Waals surface area contributed by atoms with Crippen LogP contribution in [0, 0.1) is 0 Å². The molecule has 0 aromatic heterocycles. The SMILES string of the molecule is O=C(NCC(F)F)c1c(O)cccc1O. The lowest BCUT2D eigenvalue weighted by molar-refractivity contribution is 0.0886. The summed E-state index contributed by atoms with van der Waals surface area (Å²) in [4.78, 5) is 11.2. The fraction of sp³-hybridized carbons (Fsp3) is 0.222. The number of amides is 1. The van der Waals surface area contributed by atoms with E-state index in [-0.39, 0.29) is 0 Å². The molecule has 4 nitrogen and oxygen atoms in total. The van der Waals surface area contributed by atoms with Gasteiger partial charge in [0.25, 0.3) is 12.3 Å². The molecule has 0 saturated carbocycles. The summed E-state index contributed by atoms with van der Waals surface area (Å²) in [6.07, 6.45) is -2.68. The molecule has 0 spiro atoms. The fourth-order valence-electron chi connectivity index (χ4n) is 1.02. The molecule has 82 valence electrons. The van der Waals surface area contributed by atoms with Crippen molar-refractivity contribution in [2.24, 2.45) is 0 Å². The predicted molar refractivity (Wildman–Crippen MR) is 48.1 cm³/mol. The molecule has 0 unspecified atom stereocenters. The van der Waals surface area contributed by atoms with Crippen molar-refractivity contribution in [2.75, 3.05) is 6.54 Å². The van der Waals surface area contributed by atoms with E-state index in [1.54, 1.807) is 0 Å². The molecular formula is C9H9F2NO3. The standard InChI is InChI=1S/C9H9F2NO3/c10-7(11)4-12-9(15)8-5(13)2-1-3-6(8)14/h1-3,7,13-14H,4H2,(H,12,15). The average Bonchev–Trinajstić information content (AvgIpc) is 2.14. The Morgan fingerprint density at radius 3 is 2.33 bits per heavy atom. The Bertz CT molecular complexity index is 348. The third kappa shape index (κ3) is 2.80. The second-order valence-electron chi connectivity index (χ2n) is 2.77. The Kier molecular flexibility index (Phi) is 3.43. The van der Waals surface area contributed by atoms with Gasteiger partial charge in [0.05, 0.1) is 6.54 Å². The lowest BCUT2D eigenvalue weighted by atomic mass is 10.1. The minimum atomic E-state index is -2.68. The molecular weight excluding hydrogens is 208 g/mol. The van der Waals surface area contributed by atoms with Crippen LogP contribution in [0.25, 0.3) is 0 Å². The van der Waals surface area contributed by atoms with Crippen molar-refractivity contribution in [3.8, 4) is 11.5 Å². The molecule has 0 heterocycles. The fourth-order valence-corrected chi connectivity index (χ4v) is 1.02. The summed E-state index contributed by atoms with van der Waals surface area (Å²) in [5, 5.41) is 20.3. The van der Waals surface area contributed by atoms with E-state index in [4.69, 9.17) is 0 Å². The zero-order chi connectivity index (χ0) is 11.4. The summed E-state index contributed by atoms with van der Waals surface area (Å²) in [6, 6.07) is 3.68. The molecule has 0 atom stereocenters. The topological polar surface area (TPSA) is 69.6 Å². The maximum atomic E-state index is 11.8. The summed E-state index contributed by atoms with van der Waals surface area (Å²) < 4.78 is 23.5. The van der Waals surface area contributed by atoms with Gasteiger partial charge in [-0.3, -0.25) is 4.79 Å². The van der Waals surface area contributed by atoms with Gasteiger partial charge in [0.2, 0.25) is 0 Å². The number of nitrogens with one attached hydrogen (secondary N) is 1. The Labute approximate surface area is 84.2 Å². The number of rotatable bonds is 3. The van der Waals surface area contributed by atoms with Crippen molar-refractivity contribution in [2.45, 2.75) is 6.43 Å². The molecule has 1 aromatic rings. The molecule has 0 aliphatic carbocycles. The van der Waals surface area contributed by atoms with Crippen LogP contribution in [0.5, 0.6) is 11.5 Å². The molecule has 3 N–H and O–H groups in total. The number of carbonyl (C=O) groups is 1. The van der Waals surface area contributed by atoms with Crippen LogP contribution in [0.1, 0.15) is 10.4 Å². The molecule has 0 aliphatic heterocycles. The Morgan fingerprint density at radius 2 is 1.87 bits per heavy atom. The van der Waals surface area contributed by atoms with E-state index in [1.807, 2.05) is 5.32 Å². The lowest BCUT2D eigenvalue weighted by Gasteiger charge is -2.07. The summed E-state index contributed by atoms with van der Waals surface area (Å²) in [5.41, 5.74) is -0.404. The Hall–Kier alpha value is -1.85. The zero-order valence-corrected chi connectivity index (χ0v) is 7.58. The summed E-state index contributed by atoms with van der Waals surface area (Å²) >= 11 is 0. The molecule has 0 fully saturated rings. The zero-order valence-electron chi connectivity index (χ0n) is 7.58. The van der Waals surface area contributed by atoms with Gasteiger partial charge in [0, 0.05) is 0 Å². The second-order valence-corrected chi connectivity index (χ2v) is 2.77. The lowest BCUT2D eigenvalue weighted by Crippen LogP contribution is -2.28. The second kappa shape index (κ2) is 4.59. The third-order valence-corrected chi connectivity index (χ3v) is 1.66. The number of benzene rings is 1. The van der Waals surface area contributed by atoms with Crippen LogP contribution < -0.4 is 5.32 Å². The first kappa shape index (κ1) is 11.2. The molecule has 1 rings (SSSR count). The molecule has 1 aromatic carbocycles. The quantitative estimate of drug-likeness (QED) is 0.709. The van der Waals surface area contributed by atoms with Gasteiger partial charge in [-0.05, 0) is 12.1 Å². The normalized spacial score (nSPS) is 10.3. The van der Waals surface area contributed by atoms with Crippen LogP contribution in [0.15, 0.2) is 18.2 Å². The highest BCUT2D eigenvalue weighted by Crippen LogP contribution is 2.25. The van der Waals surface area contributed by atoms with E-state index in [2.05, 4.69) is 0 Å². The van der Waals surface area contributed by atoms with Crippen molar-refractivity contribution in [3.63, 3.8) is 0 Å². The minimum absolute atomic E-state index is 0.404. The van der Waals surface area contributed by atoms with Gasteiger partial charge in [-0.1, -0.05) is 6.07 Å². The van der Waals surface area contributed by atoms with Crippen LogP contribution in [0.2, 0.25) is 0 Å². The number of phenols is 2. The largest absolute Gasteiger partial charge is 0.507 e. The maximum Gasteiger partial charge on any atom is 0.259 e. The van der Waals surface area contributed by atoms with Crippen molar-refractivity contribution < 1.29 is 23.8 Å². The summed E-state index contributed by atoms with van der Waals surface area (Å²) in [7, 11) is 0. The molecule has 1 amide bonds. The molecule has 6 heteroatoms. The summed E-state index contributed by atoms with van der Waals surface area (Å²) in [5.74, 6) is -1.85. The van der Waals surface area contributed by atoms with E-state index in [9.17, 15) is 23.8 Å². The summed E-state index contributed by atoms with van der Waals surface area (Å²) in [6.45, 7) is -0.827. The van der Waals surface area contributed by atoms with E-state index in [0.717, 1.165) is 0 Å². The number of alkyl halides is 2. The monoisotopic (exact) mass is 217 g/mol. The third-order valence-electron chi connectivity index (χ3n) is 1.66. The first-order valence-electron chi connectivity index (χ1n) is 4.09. The first-order valence-corrected chi connectivity index (χ1v) is 4.09. The van der Waals surface area contributed by atoms with Gasteiger partial charge >= 0.3 is 0 Å². The van der Waals surface area contributed by atoms with Crippen LogP contribution >= 0.6 is 0 Å². The van der Waals surface area contributed by atoms with Gasteiger partial charge < -0.3 is 15.5 Å². The smallest absolute Gasteiger partial charge is 0.259 e. The van der Waals surface area contributed by atoms with Crippen molar-refractivity contribution in [3.05, 3.63) is 23.8 Å². The number of aromatic hydroxyl groups is 2. The molecule has 0 bridgehead atoms. The molecule has 0 aliphatic rings. The van der Waals surface area contributed by atoms with E-state index < -0.39 is 35.9 Å². The highest BCUT2D eigenvalue weighted by molar-refractivity contribution is 5.99. The van der Waals surface area contributed by atoms with E-state index in [0.29, 0.717) is 0 Å². The van der Waals surface area contributed by atoms with E-state index >= 15 is 0 Å². The predicted octanol–water partition coefficient (Wildman–Crippen LogP) is 1.09. The Balaban J connectivity index is 2.82. The molecule has 0 saturated heterocycles. The van der Waals surface area contributed by atoms with Crippen molar-refractivity contribution >= 4 is 5.91 Å². The number of carbonyl (C=O) groups excluding carboxylic acids is 1. The van der Waals surface area contributed by atoms with Crippen LogP contribution in [-0.4, -0.2) is 29.1 Å².